The normalized spacial score (nSPS) is 14.5. The zero-order valence-corrected chi connectivity index (χ0v) is 14.7. The van der Waals surface area contributed by atoms with E-state index in [4.69, 9.17) is 0 Å². The molecule has 3 heterocycles. The Kier molecular flexibility index (Phi) is 4.81. The fourth-order valence-corrected chi connectivity index (χ4v) is 3.02. The van der Waals surface area contributed by atoms with Gasteiger partial charge >= 0.3 is 6.61 Å². The van der Waals surface area contributed by atoms with Crippen molar-refractivity contribution in [2.75, 3.05) is 13.1 Å². The molecule has 0 spiro atoms. The Labute approximate surface area is 160 Å². The number of pyridine rings is 1. The van der Waals surface area contributed by atoms with Gasteiger partial charge in [0, 0.05) is 11.8 Å². The lowest BCUT2D eigenvalue weighted by Crippen LogP contribution is -2.52. The molecule has 1 amide bonds. The molecule has 1 aliphatic heterocycles. The Hall–Kier alpha value is -3.24. The first kappa shape index (κ1) is 19.1. The highest BCUT2D eigenvalue weighted by molar-refractivity contribution is 5.83. The van der Waals surface area contributed by atoms with Crippen LogP contribution in [0.25, 0.3) is 22.2 Å². The number of carbonyl (C=O) groups is 1. The first-order chi connectivity index (χ1) is 13.8. The molecule has 29 heavy (non-hydrogen) atoms. The number of halogens is 5. The minimum Gasteiger partial charge on any atom is -0.432 e. The lowest BCUT2D eigenvalue weighted by atomic mass is 10.1. The second-order valence-corrected chi connectivity index (χ2v) is 6.46. The lowest BCUT2D eigenvalue weighted by molar-refractivity contribution is -0.139. The number of likely N-dealkylation sites (tertiary alicyclic amines) is 1. The van der Waals surface area contributed by atoms with Crippen LogP contribution < -0.4 is 4.74 Å². The average molecular weight is 412 g/mol. The molecule has 1 saturated heterocycles. The van der Waals surface area contributed by atoms with Crippen molar-refractivity contribution in [3.8, 4) is 16.9 Å². The number of hydrogen-bond donors (Lipinski definition) is 0. The van der Waals surface area contributed by atoms with E-state index < -0.39 is 36.2 Å². The van der Waals surface area contributed by atoms with Crippen LogP contribution in [-0.2, 0) is 11.3 Å². The van der Waals surface area contributed by atoms with Gasteiger partial charge in [-0.2, -0.15) is 13.2 Å². The molecule has 6 nitrogen and oxygen atoms in total. The van der Waals surface area contributed by atoms with E-state index in [1.54, 1.807) is 0 Å². The van der Waals surface area contributed by atoms with Gasteiger partial charge in [0.05, 0.1) is 18.6 Å². The molecule has 4 rings (SSSR count). The van der Waals surface area contributed by atoms with E-state index in [0.717, 1.165) is 16.8 Å². The second-order valence-electron chi connectivity index (χ2n) is 6.46. The third-order valence-electron chi connectivity index (χ3n) is 4.50. The van der Waals surface area contributed by atoms with Crippen molar-refractivity contribution in [2.45, 2.75) is 19.3 Å². The first-order valence-electron chi connectivity index (χ1n) is 8.50. The zero-order chi connectivity index (χ0) is 20.7. The summed E-state index contributed by atoms with van der Waals surface area (Å²) >= 11 is 0. The van der Waals surface area contributed by atoms with Gasteiger partial charge in [-0.15, -0.1) is 5.10 Å². The maximum atomic E-state index is 14.1. The zero-order valence-electron chi connectivity index (χ0n) is 14.7. The number of carbonyl (C=O) groups excluding carboxylic acids is 1. The number of aromatic nitrogens is 3. The van der Waals surface area contributed by atoms with E-state index in [2.05, 4.69) is 14.8 Å². The largest absolute Gasteiger partial charge is 0.432 e. The molecule has 0 aliphatic carbocycles. The molecule has 1 aromatic carbocycles. The van der Waals surface area contributed by atoms with Gasteiger partial charge in [-0.3, -0.25) is 9.48 Å². The van der Waals surface area contributed by atoms with Gasteiger partial charge < -0.3 is 9.64 Å². The van der Waals surface area contributed by atoms with Gasteiger partial charge in [-0.1, -0.05) is 6.07 Å². The molecule has 0 atom stereocenters. The molecular weight excluding hydrogens is 399 g/mol. The van der Waals surface area contributed by atoms with E-state index in [9.17, 15) is 26.7 Å². The maximum Gasteiger partial charge on any atom is 0.387 e. The molecule has 0 N–H and O–H groups in total. The van der Waals surface area contributed by atoms with Crippen LogP contribution in [0.1, 0.15) is 0 Å². The van der Waals surface area contributed by atoms with Crippen LogP contribution in [0.3, 0.4) is 0 Å². The van der Waals surface area contributed by atoms with E-state index in [1.165, 1.54) is 23.2 Å². The highest BCUT2D eigenvalue weighted by Crippen LogP contribution is 2.29. The predicted octanol–water partition coefficient (Wildman–Crippen LogP) is 3.16. The third-order valence-corrected chi connectivity index (χ3v) is 4.50. The van der Waals surface area contributed by atoms with Crippen molar-refractivity contribution in [3.63, 3.8) is 0 Å². The number of alkyl halides is 3. The summed E-state index contributed by atoms with van der Waals surface area (Å²) in [7, 11) is 0. The number of hydrogen-bond acceptors (Lipinski definition) is 4. The van der Waals surface area contributed by atoms with E-state index in [-0.39, 0.29) is 30.7 Å². The van der Waals surface area contributed by atoms with Crippen LogP contribution in [0.5, 0.6) is 5.75 Å². The molecule has 3 aromatic rings. The number of benzene rings is 1. The summed E-state index contributed by atoms with van der Waals surface area (Å²) in [5.41, 5.74) is 0.711. The Morgan fingerprint density at radius 1 is 1.21 bits per heavy atom. The summed E-state index contributed by atoms with van der Waals surface area (Å²) in [5, 5.41) is 3.66. The summed E-state index contributed by atoms with van der Waals surface area (Å²) in [4.78, 5) is 17.4. The smallest absolute Gasteiger partial charge is 0.387 e. The van der Waals surface area contributed by atoms with Gasteiger partial charge in [0.15, 0.2) is 11.6 Å². The van der Waals surface area contributed by atoms with Crippen LogP contribution in [-0.4, -0.2) is 51.4 Å². The molecule has 0 unspecified atom stereocenters. The number of fused-ring (bicyclic) bond motifs is 1. The summed E-state index contributed by atoms with van der Waals surface area (Å²) in [6.07, 6.45) is 0.198. The SMILES string of the molecule is O=C(Cn1nc(F)c2ncc(-c3ccc(F)c(OC(F)F)c3)cc21)N1CC(F)C1. The molecule has 11 heteroatoms. The minimum atomic E-state index is -3.20. The van der Waals surface area contributed by atoms with Crippen LogP contribution in [0.2, 0.25) is 0 Å². The molecule has 0 bridgehead atoms. The summed E-state index contributed by atoms with van der Waals surface area (Å²) < 4.78 is 70.8. The van der Waals surface area contributed by atoms with Gasteiger partial charge in [-0.25, -0.2) is 13.8 Å². The van der Waals surface area contributed by atoms with Crippen LogP contribution in [0.4, 0.5) is 22.0 Å². The number of nitrogens with zero attached hydrogens (tertiary/aromatic N) is 4. The number of amides is 1. The second kappa shape index (κ2) is 7.30. The van der Waals surface area contributed by atoms with Crippen LogP contribution in [0, 0.1) is 11.8 Å². The Morgan fingerprint density at radius 3 is 2.66 bits per heavy atom. The molecule has 2 aromatic heterocycles. The number of ether oxygens (including phenoxy) is 1. The molecule has 0 radical (unpaired) electrons. The van der Waals surface area contributed by atoms with Crippen LogP contribution in [0.15, 0.2) is 30.5 Å². The topological polar surface area (TPSA) is 60.3 Å². The monoisotopic (exact) mass is 412 g/mol. The standard InChI is InChI=1S/C18H13F5N4O2/c19-11-6-26(7-11)15(28)8-27-13-3-10(5-24-16(13)17(21)25-27)9-1-2-12(20)14(4-9)29-18(22)23/h1-5,11,18H,6-8H2. The van der Waals surface area contributed by atoms with Crippen molar-refractivity contribution in [3.05, 3.63) is 42.2 Å². The van der Waals surface area contributed by atoms with Gasteiger partial charge in [0.1, 0.15) is 18.2 Å². The maximum absolute atomic E-state index is 14.1. The Balaban J connectivity index is 1.68. The van der Waals surface area contributed by atoms with E-state index in [0.29, 0.717) is 11.1 Å². The minimum absolute atomic E-state index is 0.0213. The molecule has 1 fully saturated rings. The van der Waals surface area contributed by atoms with Crippen molar-refractivity contribution in [1.82, 2.24) is 19.7 Å². The first-order valence-corrected chi connectivity index (χ1v) is 8.50. The van der Waals surface area contributed by atoms with Gasteiger partial charge in [0.2, 0.25) is 5.91 Å². The molecular formula is C18H13F5N4O2. The lowest BCUT2D eigenvalue weighted by Gasteiger charge is -2.34. The fourth-order valence-electron chi connectivity index (χ4n) is 3.02. The van der Waals surface area contributed by atoms with Crippen molar-refractivity contribution in [2.24, 2.45) is 0 Å². The summed E-state index contributed by atoms with van der Waals surface area (Å²) in [6.45, 7) is -3.56. The predicted molar refractivity (Wildman–Crippen MR) is 91.0 cm³/mol. The van der Waals surface area contributed by atoms with E-state index in [1.807, 2.05) is 0 Å². The van der Waals surface area contributed by atoms with Crippen molar-refractivity contribution >= 4 is 16.9 Å². The quantitative estimate of drug-likeness (QED) is 0.604. The highest BCUT2D eigenvalue weighted by atomic mass is 19.3. The highest BCUT2D eigenvalue weighted by Gasteiger charge is 2.30. The average Bonchev–Trinajstić information content (AvgIpc) is 2.95. The fraction of sp³-hybridized carbons (Fsp3) is 0.278. The summed E-state index contributed by atoms with van der Waals surface area (Å²) in [6, 6.07) is 4.78. The summed E-state index contributed by atoms with van der Waals surface area (Å²) in [5.74, 6) is -2.94. The van der Waals surface area contributed by atoms with Gasteiger partial charge in [0.25, 0.3) is 5.95 Å². The Morgan fingerprint density at radius 2 is 1.97 bits per heavy atom. The molecule has 1 aliphatic rings. The van der Waals surface area contributed by atoms with Crippen molar-refractivity contribution < 1.29 is 31.5 Å². The Bertz CT molecular complexity index is 1080. The van der Waals surface area contributed by atoms with Crippen molar-refractivity contribution in [1.29, 1.82) is 0 Å². The van der Waals surface area contributed by atoms with E-state index >= 15 is 0 Å². The third kappa shape index (κ3) is 3.71. The number of rotatable bonds is 5. The molecule has 0 saturated carbocycles. The molecule has 152 valence electrons. The van der Waals surface area contributed by atoms with Gasteiger partial charge in [-0.05, 0) is 23.8 Å². The van der Waals surface area contributed by atoms with Crippen LogP contribution >= 0.6 is 0 Å².